The molecule has 0 fully saturated rings. The first kappa shape index (κ1) is 13.1. The van der Waals surface area contributed by atoms with Gasteiger partial charge in [0.25, 0.3) is 0 Å². The Labute approximate surface area is 98.6 Å². The summed E-state index contributed by atoms with van der Waals surface area (Å²) in [5.74, 6) is -0.745. The number of carbonyl (C=O) groups is 1. The minimum Gasteiger partial charge on any atom is -0.458 e. The molecule has 0 spiro atoms. The second-order valence-corrected chi connectivity index (χ2v) is 4.65. The van der Waals surface area contributed by atoms with Crippen LogP contribution in [0.3, 0.4) is 0 Å². The molecule has 17 heavy (non-hydrogen) atoms. The van der Waals surface area contributed by atoms with Crippen molar-refractivity contribution in [3.63, 3.8) is 0 Å². The zero-order valence-electron chi connectivity index (χ0n) is 10.2. The van der Waals surface area contributed by atoms with Crippen LogP contribution in [0, 0.1) is 10.1 Å². The predicted octanol–water partition coefficient (Wildman–Crippen LogP) is 1.69. The van der Waals surface area contributed by atoms with Crippen LogP contribution in [0.2, 0.25) is 0 Å². The van der Waals surface area contributed by atoms with Gasteiger partial charge in [-0.05, 0) is 37.6 Å². The van der Waals surface area contributed by atoms with Gasteiger partial charge in [0.15, 0.2) is 0 Å². The van der Waals surface area contributed by atoms with Crippen molar-refractivity contribution >= 4 is 11.8 Å². The van der Waals surface area contributed by atoms with Gasteiger partial charge >= 0.3 is 11.8 Å². The summed E-state index contributed by atoms with van der Waals surface area (Å²) in [5.41, 5.74) is -0.585. The summed E-state index contributed by atoms with van der Waals surface area (Å²) in [7, 11) is 0. The molecule has 0 N–H and O–H groups in total. The zero-order valence-corrected chi connectivity index (χ0v) is 10.2. The van der Waals surface area contributed by atoms with Crippen LogP contribution in [0.1, 0.15) is 33.7 Å². The summed E-state index contributed by atoms with van der Waals surface area (Å²) < 4.78 is 6.52. The van der Waals surface area contributed by atoms with E-state index < -0.39 is 22.5 Å². The maximum absolute atomic E-state index is 11.7. The van der Waals surface area contributed by atoms with Crippen molar-refractivity contribution in [3.05, 3.63) is 22.6 Å². The predicted molar refractivity (Wildman–Crippen MR) is 59.4 cm³/mol. The highest BCUT2D eigenvalue weighted by Crippen LogP contribution is 2.17. The highest BCUT2D eigenvalue weighted by atomic mass is 16.6. The molecule has 1 atom stereocenters. The third kappa shape index (κ3) is 3.54. The number of nitrogens with zero attached hydrogens (tertiary/aromatic N) is 3. The minimum absolute atomic E-state index is 0.291. The second kappa shape index (κ2) is 4.52. The largest absolute Gasteiger partial charge is 0.458 e. The lowest BCUT2D eigenvalue weighted by atomic mass is 10.2. The van der Waals surface area contributed by atoms with Crippen LogP contribution in [0.25, 0.3) is 0 Å². The molecule has 0 bridgehead atoms. The van der Waals surface area contributed by atoms with Gasteiger partial charge < -0.3 is 14.9 Å². The second-order valence-electron chi connectivity index (χ2n) is 4.65. The third-order valence-corrected chi connectivity index (χ3v) is 1.97. The lowest BCUT2D eigenvalue weighted by Gasteiger charge is -2.22. The van der Waals surface area contributed by atoms with Gasteiger partial charge in [0.2, 0.25) is 6.33 Å². The van der Waals surface area contributed by atoms with Gasteiger partial charge in [-0.2, -0.15) is 0 Å². The molecule has 0 aliphatic heterocycles. The monoisotopic (exact) mass is 241 g/mol. The van der Waals surface area contributed by atoms with E-state index in [0.29, 0.717) is 0 Å². The molecular weight excluding hydrogens is 226 g/mol. The summed E-state index contributed by atoms with van der Waals surface area (Å²) in [4.78, 5) is 25.1. The fourth-order valence-electron chi connectivity index (χ4n) is 1.14. The zero-order chi connectivity index (χ0) is 13.2. The summed E-state index contributed by atoms with van der Waals surface area (Å²) >= 11 is 0. The van der Waals surface area contributed by atoms with Crippen LogP contribution in [-0.4, -0.2) is 26.0 Å². The van der Waals surface area contributed by atoms with Crippen LogP contribution in [-0.2, 0) is 9.53 Å². The first-order valence-electron chi connectivity index (χ1n) is 5.11. The summed E-state index contributed by atoms with van der Waals surface area (Å²) in [5, 5.41) is 10.4. The Balaban J connectivity index is 2.78. The van der Waals surface area contributed by atoms with Gasteiger partial charge in [0, 0.05) is 0 Å². The number of esters is 1. The Morgan fingerprint density at radius 1 is 1.59 bits per heavy atom. The fraction of sp³-hybridized carbons (Fsp3) is 0.600. The lowest BCUT2D eigenvalue weighted by Crippen LogP contribution is -2.28. The highest BCUT2D eigenvalue weighted by Gasteiger charge is 2.24. The first-order valence-corrected chi connectivity index (χ1v) is 5.11. The number of hydrogen-bond acceptors (Lipinski definition) is 5. The molecule has 7 nitrogen and oxygen atoms in total. The van der Waals surface area contributed by atoms with Crippen molar-refractivity contribution in [3.8, 4) is 0 Å². The SMILES string of the molecule is CC(C(=O)OC(C)(C)C)n1cnc([N+](=O)[O-])c1. The Kier molecular flexibility index (Phi) is 3.50. The molecule has 1 rings (SSSR count). The van der Waals surface area contributed by atoms with Crippen molar-refractivity contribution in [2.45, 2.75) is 39.3 Å². The molecule has 0 aliphatic carbocycles. The molecule has 1 heterocycles. The molecule has 0 radical (unpaired) electrons. The summed E-state index contributed by atoms with van der Waals surface area (Å²) in [6.07, 6.45) is 2.45. The van der Waals surface area contributed by atoms with E-state index in [9.17, 15) is 14.9 Å². The molecule has 1 aromatic heterocycles. The van der Waals surface area contributed by atoms with Crippen LogP contribution in [0.15, 0.2) is 12.5 Å². The molecule has 7 heteroatoms. The molecule has 0 aliphatic rings. The molecule has 94 valence electrons. The maximum atomic E-state index is 11.7. The van der Waals surface area contributed by atoms with Crippen LogP contribution in [0.5, 0.6) is 0 Å². The summed E-state index contributed by atoms with van der Waals surface area (Å²) in [6.45, 7) is 6.87. The van der Waals surface area contributed by atoms with Crippen LogP contribution < -0.4 is 0 Å². The van der Waals surface area contributed by atoms with E-state index in [1.54, 1.807) is 27.7 Å². The van der Waals surface area contributed by atoms with Gasteiger partial charge in [-0.1, -0.05) is 0 Å². The summed E-state index contributed by atoms with van der Waals surface area (Å²) in [6, 6.07) is -0.643. The third-order valence-electron chi connectivity index (χ3n) is 1.97. The Morgan fingerprint density at radius 3 is 2.59 bits per heavy atom. The van der Waals surface area contributed by atoms with Crippen molar-refractivity contribution in [2.75, 3.05) is 0 Å². The van der Waals surface area contributed by atoms with Crippen molar-refractivity contribution in [2.24, 2.45) is 0 Å². The topological polar surface area (TPSA) is 87.3 Å². The van der Waals surface area contributed by atoms with E-state index in [1.165, 1.54) is 17.1 Å². The van der Waals surface area contributed by atoms with E-state index in [2.05, 4.69) is 4.98 Å². The number of rotatable bonds is 3. The van der Waals surface area contributed by atoms with Gasteiger partial charge in [-0.3, -0.25) is 4.57 Å². The average Bonchev–Trinajstić information content (AvgIpc) is 2.62. The Bertz CT molecular complexity index is 433. The number of imidazole rings is 1. The molecule has 1 unspecified atom stereocenters. The maximum Gasteiger partial charge on any atom is 0.381 e. The molecule has 0 saturated carbocycles. The number of ether oxygens (including phenoxy) is 1. The molecule has 0 aromatic carbocycles. The van der Waals surface area contributed by atoms with Crippen LogP contribution >= 0.6 is 0 Å². The number of hydrogen-bond donors (Lipinski definition) is 0. The van der Waals surface area contributed by atoms with Gasteiger partial charge in [-0.25, -0.2) is 4.79 Å². The van der Waals surface area contributed by atoms with E-state index in [1.807, 2.05) is 0 Å². The van der Waals surface area contributed by atoms with Crippen molar-refractivity contribution in [1.82, 2.24) is 9.55 Å². The number of aromatic nitrogens is 2. The van der Waals surface area contributed by atoms with Gasteiger partial charge in [0.1, 0.15) is 17.8 Å². The molecule has 0 amide bonds. The van der Waals surface area contributed by atoms with Crippen molar-refractivity contribution in [1.29, 1.82) is 0 Å². The average molecular weight is 241 g/mol. The standard InChI is InChI=1S/C10H15N3O4/c1-7(9(14)17-10(2,3)4)12-5-8(11-6-12)13(15)16/h5-7H,1-4H3. The Hall–Kier alpha value is -1.92. The minimum atomic E-state index is -0.643. The van der Waals surface area contributed by atoms with Crippen molar-refractivity contribution < 1.29 is 14.5 Å². The molecule has 0 saturated heterocycles. The van der Waals surface area contributed by atoms with Gasteiger partial charge in [0.05, 0.1) is 0 Å². The van der Waals surface area contributed by atoms with Crippen LogP contribution in [0.4, 0.5) is 5.82 Å². The lowest BCUT2D eigenvalue weighted by molar-refractivity contribution is -0.389. The quantitative estimate of drug-likeness (QED) is 0.456. The van der Waals surface area contributed by atoms with E-state index in [4.69, 9.17) is 4.74 Å². The fourth-order valence-corrected chi connectivity index (χ4v) is 1.14. The number of carbonyl (C=O) groups excluding carboxylic acids is 1. The van der Waals surface area contributed by atoms with Gasteiger partial charge in [-0.15, -0.1) is 0 Å². The first-order chi connectivity index (χ1) is 7.70. The highest BCUT2D eigenvalue weighted by molar-refractivity contribution is 5.74. The van der Waals surface area contributed by atoms with E-state index in [-0.39, 0.29) is 5.82 Å². The number of nitro groups is 1. The molecule has 1 aromatic rings. The van der Waals surface area contributed by atoms with E-state index >= 15 is 0 Å². The normalized spacial score (nSPS) is 13.2. The molecular formula is C10H15N3O4. The van der Waals surface area contributed by atoms with E-state index in [0.717, 1.165) is 0 Å². The smallest absolute Gasteiger partial charge is 0.381 e. The Morgan fingerprint density at radius 2 is 2.18 bits per heavy atom.